The molecule has 0 bridgehead atoms. The van der Waals surface area contributed by atoms with E-state index in [0.717, 1.165) is 36.4 Å². The van der Waals surface area contributed by atoms with Gasteiger partial charge in [-0.3, -0.25) is 0 Å². The van der Waals surface area contributed by atoms with Gasteiger partial charge in [-0.05, 0) is 74.5 Å². The second-order valence-electron chi connectivity index (χ2n) is 23.6. The summed E-state index contributed by atoms with van der Waals surface area (Å²) in [5.41, 5.74) is -22.4. The molecule has 0 heterocycles. The number of hydrogen-bond acceptors (Lipinski definition) is 14. The number of halogens is 9. The fraction of sp³-hybridized carbons (Fsp3) is 0.644. The minimum atomic E-state index is -5.50. The van der Waals surface area contributed by atoms with E-state index in [1.807, 2.05) is 0 Å². The van der Waals surface area contributed by atoms with Crippen molar-refractivity contribution in [2.45, 2.75) is 169 Å². The Morgan fingerprint density at radius 3 is 1.51 bits per heavy atom. The van der Waals surface area contributed by atoms with Gasteiger partial charge < -0.3 is 54.0 Å². The van der Waals surface area contributed by atoms with Crippen LogP contribution in [-0.4, -0.2) is 131 Å². The van der Waals surface area contributed by atoms with E-state index in [1.165, 1.54) is 68.4 Å². The zero-order chi connectivity index (χ0) is 61.1. The number of aliphatic hydroxyl groups excluding tert-OH is 2. The average Bonchev–Trinajstić information content (AvgIpc) is 3.86. The number of methoxy groups -OCH3 is 3. The van der Waals surface area contributed by atoms with Crippen molar-refractivity contribution in [1.29, 1.82) is 0 Å². The molecule has 3 aromatic carbocycles. The quantitative estimate of drug-likeness (QED) is 0.0431. The zero-order valence-corrected chi connectivity index (χ0v) is 46.7. The van der Waals surface area contributed by atoms with E-state index >= 15 is 13.2 Å². The van der Waals surface area contributed by atoms with Gasteiger partial charge in [0.1, 0.15) is 18.8 Å². The summed E-state index contributed by atoms with van der Waals surface area (Å²) >= 11 is 0. The van der Waals surface area contributed by atoms with E-state index in [2.05, 4.69) is 0 Å². The van der Waals surface area contributed by atoms with E-state index in [-0.39, 0.29) is 44.9 Å². The maximum Gasteiger partial charge on any atom is 0.432 e. The summed E-state index contributed by atoms with van der Waals surface area (Å²) in [6.07, 6.45) is -25.0. The summed E-state index contributed by atoms with van der Waals surface area (Å²) in [7, 11) is 2.02. The highest BCUT2D eigenvalue weighted by atomic mass is 19.4. The third-order valence-electron chi connectivity index (χ3n) is 19.5. The molecule has 0 aliphatic heterocycles. The number of rotatable bonds is 19. The molecule has 23 heteroatoms. The van der Waals surface area contributed by atoms with Crippen LogP contribution in [-0.2, 0) is 59.6 Å². The molecule has 5 N–H and O–H groups in total. The molecular weight excluding hydrogens is 1100 g/mol. The van der Waals surface area contributed by atoms with Crippen LogP contribution in [0.15, 0.2) is 91.0 Å². The smallest absolute Gasteiger partial charge is 0.432 e. The van der Waals surface area contributed by atoms with Crippen LogP contribution in [0.1, 0.15) is 109 Å². The minimum Gasteiger partial charge on any atom is -0.460 e. The third kappa shape index (κ3) is 10.2. The first kappa shape index (κ1) is 64.7. The van der Waals surface area contributed by atoms with Gasteiger partial charge in [0.05, 0.1) is 29.0 Å². The fourth-order valence-electron chi connectivity index (χ4n) is 15.3. The van der Waals surface area contributed by atoms with Gasteiger partial charge in [-0.25, -0.2) is 14.4 Å². The van der Waals surface area contributed by atoms with Gasteiger partial charge in [-0.2, -0.15) is 39.5 Å². The predicted molar refractivity (Wildman–Crippen MR) is 273 cm³/mol. The van der Waals surface area contributed by atoms with Crippen LogP contribution in [0.3, 0.4) is 0 Å². The molecule has 82 heavy (non-hydrogen) atoms. The van der Waals surface area contributed by atoms with Gasteiger partial charge in [-0.1, -0.05) is 125 Å². The molecule has 0 saturated heterocycles. The molecule has 3 aromatic rings. The van der Waals surface area contributed by atoms with E-state index in [1.54, 1.807) is 20.8 Å². The van der Waals surface area contributed by atoms with Crippen molar-refractivity contribution < 1.29 is 108 Å². The van der Waals surface area contributed by atoms with E-state index in [0.29, 0.717) is 21.3 Å². The Morgan fingerprint density at radius 1 is 0.646 bits per heavy atom. The highest BCUT2D eigenvalue weighted by Gasteiger charge is 2.78. The fourth-order valence-corrected chi connectivity index (χ4v) is 15.3. The molecule has 0 aromatic heterocycles. The lowest BCUT2D eigenvalue weighted by Gasteiger charge is -2.68. The maximum absolute atomic E-state index is 15.5. The first-order chi connectivity index (χ1) is 38.1. The summed E-state index contributed by atoms with van der Waals surface area (Å²) < 4.78 is 167. The van der Waals surface area contributed by atoms with Gasteiger partial charge in [-0.15, -0.1) is 0 Å². The van der Waals surface area contributed by atoms with Crippen molar-refractivity contribution in [2.24, 2.45) is 40.4 Å². The zero-order valence-electron chi connectivity index (χ0n) is 46.7. The van der Waals surface area contributed by atoms with Crippen molar-refractivity contribution in [3.63, 3.8) is 0 Å². The highest BCUT2D eigenvalue weighted by molar-refractivity contribution is 5.84. The van der Waals surface area contributed by atoms with E-state index in [9.17, 15) is 66.3 Å². The Labute approximate surface area is 469 Å². The molecular formula is C59H73F9O14. The molecule has 14 nitrogen and oxygen atoms in total. The molecule has 0 radical (unpaired) electrons. The number of carbonyl (C=O) groups excluding carboxylic acids is 3. The Bertz CT molecular complexity index is 2720. The highest BCUT2D eigenvalue weighted by Crippen LogP contribution is 2.71. The standard InChI is InChI=1S/C59H73F9O14/c1-9-35(51(5,74)33-80-46(71)54(77-6,57(60,61)62)36-19-13-10-14-20-36)26-25-34(2)42-43(70)44(82-48(73)56(79-8,59(66,67)68)38-23-17-12-18-24-38)45-49(42,3)29-28-40-50(4)30-27-39(31-53(50,76)41(69)32-52(40,45)75)81-47(72)55(78-7,58(63,64)65)37-21-15-11-16-22-37/h10-24,34-35,39-45,69-70,74-76H,9,25-33H2,1-8H3/t34-,35-,39+,40-,41-,42+,43-,44+,45-,49-,50-,51+,52+,53+,54-,55-,56-/m1/s1. The largest absolute Gasteiger partial charge is 0.460 e. The van der Waals surface area contributed by atoms with Crippen LogP contribution >= 0.6 is 0 Å². The van der Waals surface area contributed by atoms with Gasteiger partial charge in [0.2, 0.25) is 0 Å². The summed E-state index contributed by atoms with van der Waals surface area (Å²) in [6, 6.07) is 17.9. The van der Waals surface area contributed by atoms with Crippen LogP contribution < -0.4 is 0 Å². The minimum absolute atomic E-state index is 0.00106. The first-order valence-corrected chi connectivity index (χ1v) is 27.2. The van der Waals surface area contributed by atoms with Crippen LogP contribution in [0.5, 0.6) is 0 Å². The van der Waals surface area contributed by atoms with Crippen LogP contribution in [0.25, 0.3) is 0 Å². The average molecular weight is 1180 g/mol. The number of ether oxygens (including phenoxy) is 6. The monoisotopic (exact) mass is 1180 g/mol. The predicted octanol–water partition coefficient (Wildman–Crippen LogP) is 9.30. The molecule has 17 atom stereocenters. The Hall–Kier alpha value is -4.88. The van der Waals surface area contributed by atoms with Crippen molar-refractivity contribution in [3.8, 4) is 0 Å². The number of esters is 3. The van der Waals surface area contributed by atoms with E-state index < -0.39 is 171 Å². The lowest BCUT2D eigenvalue weighted by atomic mass is 9.40. The number of fused-ring (bicyclic) bond motifs is 5. The van der Waals surface area contributed by atoms with Gasteiger partial charge >= 0.3 is 36.4 Å². The summed E-state index contributed by atoms with van der Waals surface area (Å²) in [5, 5.41) is 63.3. The van der Waals surface area contributed by atoms with Crippen molar-refractivity contribution in [1.82, 2.24) is 0 Å². The second-order valence-corrected chi connectivity index (χ2v) is 23.6. The SMILES string of the molecule is CC[C@H](CC[C@@H](C)[C@H]1[C@@H](O)[C@H](OC(=O)[C@](OC)(c2ccccc2)C(F)(F)F)[C@@H]2[C@]1(C)CC[C@H]1[C@@]2(O)C[C@@H](O)[C@@]2(O)C[C@@H](OC(=O)[C@](OC)(c3ccccc3)C(F)(F)F)CC[C@]12C)[C@@](C)(O)COC(=O)[C@](OC)(c1ccccc1)C(F)(F)F. The maximum atomic E-state index is 15.5. The second kappa shape index (κ2) is 22.8. The summed E-state index contributed by atoms with van der Waals surface area (Å²) in [6.45, 7) is 6.86. The third-order valence-corrected chi connectivity index (χ3v) is 19.5. The number of aliphatic hydroxyl groups is 5. The number of hydrogen-bond donors (Lipinski definition) is 5. The van der Waals surface area contributed by atoms with E-state index in [4.69, 9.17) is 28.4 Å². The molecule has 0 amide bonds. The Balaban J connectivity index is 1.21. The molecule has 4 aliphatic rings. The summed E-state index contributed by atoms with van der Waals surface area (Å²) in [5.74, 6) is -11.0. The molecule has 7 rings (SSSR count). The molecule has 0 unspecified atom stereocenters. The van der Waals surface area contributed by atoms with Gasteiger partial charge in [0, 0.05) is 62.2 Å². The molecule has 4 fully saturated rings. The number of carbonyl (C=O) groups is 3. The molecule has 456 valence electrons. The van der Waals surface area contributed by atoms with Crippen molar-refractivity contribution in [3.05, 3.63) is 108 Å². The van der Waals surface area contributed by atoms with Crippen LogP contribution in [0.2, 0.25) is 0 Å². The Kier molecular flexibility index (Phi) is 18.0. The van der Waals surface area contributed by atoms with Crippen LogP contribution in [0.4, 0.5) is 39.5 Å². The number of alkyl halides is 9. The van der Waals surface area contributed by atoms with Gasteiger partial charge in [0.25, 0.3) is 16.8 Å². The summed E-state index contributed by atoms with van der Waals surface area (Å²) in [4.78, 5) is 41.9. The molecule has 4 saturated carbocycles. The lowest BCUT2D eigenvalue weighted by molar-refractivity contribution is -0.321. The Morgan fingerprint density at radius 2 is 1.09 bits per heavy atom. The topological polar surface area (TPSA) is 208 Å². The molecule has 0 spiro atoms. The normalized spacial score (nSPS) is 33.1. The van der Waals surface area contributed by atoms with Gasteiger partial charge in [0.15, 0.2) is 0 Å². The van der Waals surface area contributed by atoms with Crippen molar-refractivity contribution >= 4 is 17.9 Å². The lowest BCUT2D eigenvalue weighted by Crippen LogP contribution is -2.75. The molecule has 4 aliphatic carbocycles. The first-order valence-electron chi connectivity index (χ1n) is 27.2. The van der Waals surface area contributed by atoms with Crippen LogP contribution in [0, 0.1) is 40.4 Å². The van der Waals surface area contributed by atoms with Crippen molar-refractivity contribution in [2.75, 3.05) is 27.9 Å². The number of benzene rings is 3.